The van der Waals surface area contributed by atoms with Crippen molar-refractivity contribution in [3.8, 4) is 0 Å². The average molecular weight is 780 g/mol. The molecule has 1 aliphatic rings. The average Bonchev–Trinajstić information content (AvgIpc) is 3.06. The van der Waals surface area contributed by atoms with Crippen molar-refractivity contribution in [1.29, 1.82) is 0 Å². The third-order valence-corrected chi connectivity index (χ3v) is 7.96. The second-order valence-electron chi connectivity index (χ2n) is 16.4. The lowest BCUT2D eigenvalue weighted by atomic mass is 10.1. The Bertz CT molecular complexity index is 1310. The van der Waals surface area contributed by atoms with Crippen molar-refractivity contribution in [3.63, 3.8) is 0 Å². The number of hydrogen-bond donors (Lipinski definition) is 2. The molecule has 0 unspecified atom stereocenters. The van der Waals surface area contributed by atoms with Gasteiger partial charge in [-0.25, -0.2) is 19.2 Å². The Balaban J connectivity index is 0.00000487. The molecule has 312 valence electrons. The largest absolute Gasteiger partial charge is 0.554 e. The first-order valence-corrected chi connectivity index (χ1v) is 18.9. The van der Waals surface area contributed by atoms with Crippen LogP contribution in [0.15, 0.2) is 30.3 Å². The maximum atomic E-state index is 13.3. The van der Waals surface area contributed by atoms with E-state index in [9.17, 15) is 24.0 Å². The summed E-state index contributed by atoms with van der Waals surface area (Å²) in [5.74, 6) is -0.389. The Hall–Kier alpha value is -4.60. The summed E-state index contributed by atoms with van der Waals surface area (Å²) in [4.78, 5) is 75.5. The van der Waals surface area contributed by atoms with Crippen LogP contribution in [0.3, 0.4) is 0 Å². The van der Waals surface area contributed by atoms with E-state index in [2.05, 4.69) is 10.6 Å². The number of quaternary nitrogens is 1. The van der Waals surface area contributed by atoms with Crippen LogP contribution in [0.25, 0.3) is 0 Å². The fourth-order valence-electron chi connectivity index (χ4n) is 5.73. The number of rotatable bonds is 16. The first-order chi connectivity index (χ1) is 25.6. The third-order valence-electron chi connectivity index (χ3n) is 7.96. The summed E-state index contributed by atoms with van der Waals surface area (Å²) in [5, 5.41) is 13.8. The fraction of sp³-hybridized carbons (Fsp3) is 0.692. The third kappa shape index (κ3) is 23.0. The highest BCUT2D eigenvalue weighted by molar-refractivity contribution is 5.77. The minimum Gasteiger partial charge on any atom is -0.554 e. The minimum atomic E-state index is -0.685. The van der Waals surface area contributed by atoms with Crippen molar-refractivity contribution in [2.75, 3.05) is 65.4 Å². The summed E-state index contributed by atoms with van der Waals surface area (Å²) in [7, 11) is 0. The van der Waals surface area contributed by atoms with Crippen LogP contribution in [0.4, 0.5) is 14.4 Å². The first kappa shape index (κ1) is 48.4. The molecule has 0 spiro atoms. The van der Waals surface area contributed by atoms with Gasteiger partial charge in [0, 0.05) is 71.4 Å². The van der Waals surface area contributed by atoms with Gasteiger partial charge in [-0.05, 0) is 67.9 Å². The number of hydrogen-bond acceptors (Lipinski definition) is 11. The summed E-state index contributed by atoms with van der Waals surface area (Å²) in [6, 6.07) is 9.48. The Morgan fingerprint density at radius 2 is 1.15 bits per heavy atom. The van der Waals surface area contributed by atoms with Crippen molar-refractivity contribution in [2.45, 2.75) is 111 Å². The fourth-order valence-corrected chi connectivity index (χ4v) is 5.73. The molecule has 0 bridgehead atoms. The minimum absolute atomic E-state index is 0.0224. The molecule has 1 aromatic rings. The van der Waals surface area contributed by atoms with Gasteiger partial charge in [-0.15, -0.1) is 0 Å². The standard InChI is InChI=1S/C38H63N5O9.CH2O2/c1-36(2,3)50-32(45)28-43(26-14-19-39-33(46)51-37(4,5)6,27-15-20-40-34(47)52-38(7,8)9)25-13-18-31(44)41-21-23-42(24-22-41)35(48)49-29-30-16-11-10-12-17-30;2-1-3/h10-12,16-17H,13-15,18-29H2,1-9H3,(H-,39,40,46,47);1H,(H,2,3). The highest BCUT2D eigenvalue weighted by atomic mass is 16.6. The van der Waals surface area contributed by atoms with Gasteiger partial charge in [0.15, 0.2) is 6.54 Å². The number of alkyl carbamates (subject to hydrolysis) is 2. The molecule has 1 fully saturated rings. The van der Waals surface area contributed by atoms with Gasteiger partial charge in [-0.1, -0.05) is 30.3 Å². The number of carbonyl (C=O) groups is 6. The van der Waals surface area contributed by atoms with E-state index >= 15 is 0 Å². The summed E-state index contributed by atoms with van der Waals surface area (Å²) in [6.45, 7) is 19.7. The van der Waals surface area contributed by atoms with E-state index in [4.69, 9.17) is 28.8 Å². The van der Waals surface area contributed by atoms with Gasteiger partial charge in [-0.3, -0.25) is 4.79 Å². The Morgan fingerprint density at radius 1 is 0.709 bits per heavy atom. The van der Waals surface area contributed by atoms with Gasteiger partial charge in [0.1, 0.15) is 23.4 Å². The van der Waals surface area contributed by atoms with Gasteiger partial charge in [0.2, 0.25) is 5.91 Å². The highest BCUT2D eigenvalue weighted by Gasteiger charge is 2.33. The van der Waals surface area contributed by atoms with Crippen LogP contribution in [-0.2, 0) is 39.9 Å². The maximum Gasteiger partial charge on any atom is 0.410 e. The zero-order valence-corrected chi connectivity index (χ0v) is 34.4. The van der Waals surface area contributed by atoms with E-state index < -0.39 is 41.6 Å². The van der Waals surface area contributed by atoms with Crippen molar-refractivity contribution >= 4 is 36.6 Å². The number of ether oxygens (including phenoxy) is 4. The smallest absolute Gasteiger partial charge is 0.410 e. The zero-order chi connectivity index (χ0) is 41.7. The Morgan fingerprint density at radius 3 is 1.60 bits per heavy atom. The number of benzene rings is 1. The van der Waals surface area contributed by atoms with Gasteiger partial charge < -0.3 is 53.8 Å². The highest BCUT2D eigenvalue weighted by Crippen LogP contribution is 2.18. The molecule has 0 aliphatic carbocycles. The molecular formula is C39H65N5O11. The normalized spacial score (nSPS) is 13.4. The van der Waals surface area contributed by atoms with Crippen LogP contribution in [-0.4, -0.2) is 133 Å². The first-order valence-electron chi connectivity index (χ1n) is 18.9. The summed E-state index contributed by atoms with van der Waals surface area (Å²) < 4.78 is 22.2. The number of carbonyl (C=O) groups excluding carboxylic acids is 6. The number of carboxylic acid groups (broad SMARTS) is 1. The number of piperazine rings is 1. The molecule has 2 rings (SSSR count). The second kappa shape index (κ2) is 23.3. The van der Waals surface area contributed by atoms with Crippen molar-refractivity contribution in [3.05, 3.63) is 35.9 Å². The quantitative estimate of drug-likeness (QED) is 0.0819. The van der Waals surface area contributed by atoms with Crippen LogP contribution < -0.4 is 15.7 Å². The molecule has 16 nitrogen and oxygen atoms in total. The molecule has 2 N–H and O–H groups in total. The van der Waals surface area contributed by atoms with Gasteiger partial charge in [0.05, 0.1) is 19.6 Å². The molecule has 1 saturated heterocycles. The Kier molecular flexibility index (Phi) is 20.6. The maximum absolute atomic E-state index is 13.3. The molecule has 1 aromatic carbocycles. The monoisotopic (exact) mass is 779 g/mol. The van der Waals surface area contributed by atoms with Crippen molar-refractivity contribution in [1.82, 2.24) is 20.4 Å². The van der Waals surface area contributed by atoms with E-state index in [-0.39, 0.29) is 31.4 Å². The van der Waals surface area contributed by atoms with Crippen molar-refractivity contribution in [2.24, 2.45) is 0 Å². The lowest BCUT2D eigenvalue weighted by Gasteiger charge is -2.39. The van der Waals surface area contributed by atoms with Crippen LogP contribution in [0, 0.1) is 0 Å². The topological polar surface area (TPSA) is 193 Å². The van der Waals surface area contributed by atoms with Crippen molar-refractivity contribution < 1.29 is 57.3 Å². The second-order valence-corrected chi connectivity index (χ2v) is 16.4. The van der Waals surface area contributed by atoms with Crippen LogP contribution in [0.2, 0.25) is 0 Å². The SMILES string of the molecule is CC(C)(C)OC(=O)C[N+](CCCNC(=O)OC(C)(C)C)(CCCNC(=O)OC(C)(C)C)CCCC(=O)N1CCN(C(=O)OCc2ccccc2)CC1.O=C[O-]. The predicted molar refractivity (Wildman–Crippen MR) is 203 cm³/mol. The lowest BCUT2D eigenvalue weighted by molar-refractivity contribution is -0.921. The van der Waals surface area contributed by atoms with Gasteiger partial charge >= 0.3 is 24.2 Å². The number of esters is 1. The number of amides is 4. The van der Waals surface area contributed by atoms with E-state index in [0.29, 0.717) is 82.6 Å². The van der Waals surface area contributed by atoms with Crippen LogP contribution in [0.5, 0.6) is 0 Å². The van der Waals surface area contributed by atoms with E-state index in [1.807, 2.05) is 51.1 Å². The summed E-state index contributed by atoms with van der Waals surface area (Å²) >= 11 is 0. The van der Waals surface area contributed by atoms with Gasteiger partial charge in [0.25, 0.3) is 0 Å². The van der Waals surface area contributed by atoms with Crippen LogP contribution in [0.1, 0.15) is 93.6 Å². The molecular weight excluding hydrogens is 714 g/mol. The predicted octanol–water partition coefficient (Wildman–Crippen LogP) is 3.60. The van der Waals surface area contributed by atoms with E-state index in [1.54, 1.807) is 51.3 Å². The summed E-state index contributed by atoms with van der Waals surface area (Å²) in [6.07, 6.45) is 0.403. The molecule has 1 aliphatic heterocycles. The Labute approximate surface area is 326 Å². The zero-order valence-electron chi connectivity index (χ0n) is 34.4. The molecule has 16 heteroatoms. The summed E-state index contributed by atoms with van der Waals surface area (Å²) in [5.41, 5.74) is -1.04. The van der Waals surface area contributed by atoms with E-state index in [0.717, 1.165) is 5.56 Å². The molecule has 0 atom stereocenters. The molecule has 0 aromatic heterocycles. The lowest BCUT2D eigenvalue weighted by Crippen LogP contribution is -2.55. The molecule has 55 heavy (non-hydrogen) atoms. The molecule has 1 heterocycles. The molecule has 0 saturated carbocycles. The number of nitrogens with zero attached hydrogens (tertiary/aromatic N) is 3. The van der Waals surface area contributed by atoms with Gasteiger partial charge in [-0.2, -0.15) is 0 Å². The van der Waals surface area contributed by atoms with E-state index in [1.165, 1.54) is 0 Å². The van der Waals surface area contributed by atoms with Crippen LogP contribution >= 0.6 is 0 Å². The number of nitrogens with one attached hydrogen (secondary N) is 2. The molecule has 0 radical (unpaired) electrons. The molecule has 4 amide bonds.